The maximum atomic E-state index is 12.3. The van der Waals surface area contributed by atoms with Crippen LogP contribution in [0.15, 0.2) is 24.7 Å². The van der Waals surface area contributed by atoms with Gasteiger partial charge in [-0.25, -0.2) is 9.97 Å². The van der Waals surface area contributed by atoms with Crippen molar-refractivity contribution in [2.75, 3.05) is 26.7 Å². The van der Waals surface area contributed by atoms with Gasteiger partial charge in [0.2, 0.25) is 5.88 Å². The quantitative estimate of drug-likeness (QED) is 0.703. The van der Waals surface area contributed by atoms with Crippen LogP contribution in [0.5, 0.6) is 11.6 Å². The van der Waals surface area contributed by atoms with Crippen LogP contribution in [0.1, 0.15) is 28.8 Å². The molecule has 8 nitrogen and oxygen atoms in total. The summed E-state index contributed by atoms with van der Waals surface area (Å²) in [6.07, 6.45) is 6.18. The molecule has 2 aliphatic rings. The maximum Gasteiger partial charge on any atom is 0.254 e. The van der Waals surface area contributed by atoms with Gasteiger partial charge in [0.1, 0.15) is 17.4 Å². The van der Waals surface area contributed by atoms with Gasteiger partial charge in [0.25, 0.3) is 5.91 Å². The largest absolute Gasteiger partial charge is 0.488 e. The number of hydrogen-bond acceptors (Lipinski definition) is 6. The zero-order valence-corrected chi connectivity index (χ0v) is 16.3. The summed E-state index contributed by atoms with van der Waals surface area (Å²) in [7, 11) is 2.06. The molecule has 2 aromatic heterocycles. The zero-order valence-electron chi connectivity index (χ0n) is 16.3. The summed E-state index contributed by atoms with van der Waals surface area (Å²) in [5, 5.41) is 0. The first kappa shape index (κ1) is 17.9. The Morgan fingerprint density at radius 3 is 3.07 bits per heavy atom. The molecule has 150 valence electrons. The molecule has 1 saturated heterocycles. The lowest BCUT2D eigenvalue weighted by molar-refractivity contribution is 0.0995. The van der Waals surface area contributed by atoms with E-state index in [1.165, 1.54) is 0 Å². The minimum atomic E-state index is -0.538. The van der Waals surface area contributed by atoms with E-state index in [0.29, 0.717) is 34.8 Å². The Labute approximate surface area is 168 Å². The molecule has 0 spiro atoms. The van der Waals surface area contributed by atoms with Crippen LogP contribution >= 0.6 is 0 Å². The Balaban J connectivity index is 1.64. The predicted octanol–water partition coefficient (Wildman–Crippen LogP) is 2.13. The molecule has 1 aromatic carbocycles. The number of aromatic nitrogens is 3. The standard InChI is InChI=1S/C21H23N5O3/c1-26-5-4-14(10-26)29-16-8-15(18-19(25-11-24-18)17(16)20(22)27)13-7-12-3-2-6-28-21(12)23-9-13/h7-9,11,14H,2-6,10H2,1H3,(H2,22,27)(H,24,25). The number of aryl methyl sites for hydroxylation is 1. The van der Waals surface area contributed by atoms with Crippen LogP contribution in [0.2, 0.25) is 0 Å². The van der Waals surface area contributed by atoms with Crippen molar-refractivity contribution in [3.63, 3.8) is 0 Å². The molecule has 5 rings (SSSR count). The summed E-state index contributed by atoms with van der Waals surface area (Å²) in [5.74, 6) is 0.639. The summed E-state index contributed by atoms with van der Waals surface area (Å²) in [5.41, 5.74) is 10.2. The van der Waals surface area contributed by atoms with E-state index in [2.05, 4.69) is 33.0 Å². The third kappa shape index (κ3) is 3.19. The zero-order chi connectivity index (χ0) is 20.0. The van der Waals surface area contributed by atoms with E-state index in [0.717, 1.165) is 49.0 Å². The maximum absolute atomic E-state index is 12.3. The van der Waals surface area contributed by atoms with Crippen molar-refractivity contribution >= 4 is 16.9 Å². The van der Waals surface area contributed by atoms with E-state index < -0.39 is 5.91 Å². The number of carbonyl (C=O) groups excluding carboxylic acids is 1. The highest BCUT2D eigenvalue weighted by atomic mass is 16.5. The van der Waals surface area contributed by atoms with Crippen molar-refractivity contribution in [3.8, 4) is 22.8 Å². The van der Waals surface area contributed by atoms with Crippen LogP contribution in [-0.2, 0) is 6.42 Å². The summed E-state index contributed by atoms with van der Waals surface area (Å²) in [4.78, 5) is 26.5. The van der Waals surface area contributed by atoms with Gasteiger partial charge in [-0.3, -0.25) is 4.79 Å². The summed E-state index contributed by atoms with van der Waals surface area (Å²) >= 11 is 0. The second kappa shape index (κ2) is 7.04. The molecule has 0 saturated carbocycles. The Bertz CT molecular complexity index is 1090. The minimum Gasteiger partial charge on any atom is -0.488 e. The second-order valence-electron chi connectivity index (χ2n) is 7.72. The van der Waals surface area contributed by atoms with Gasteiger partial charge in [0.05, 0.1) is 24.0 Å². The predicted molar refractivity (Wildman–Crippen MR) is 108 cm³/mol. The fourth-order valence-electron chi connectivity index (χ4n) is 4.20. The molecular weight excluding hydrogens is 370 g/mol. The molecule has 0 aliphatic carbocycles. The molecule has 0 bridgehead atoms. The summed E-state index contributed by atoms with van der Waals surface area (Å²) in [6.45, 7) is 2.47. The number of ether oxygens (including phenoxy) is 2. The number of imidazole rings is 1. The van der Waals surface area contributed by atoms with Gasteiger partial charge >= 0.3 is 0 Å². The number of nitrogens with zero attached hydrogens (tertiary/aromatic N) is 3. The van der Waals surface area contributed by atoms with Gasteiger partial charge in [0.15, 0.2) is 0 Å². The number of carbonyl (C=O) groups is 1. The fraction of sp³-hybridized carbons (Fsp3) is 0.381. The third-order valence-electron chi connectivity index (χ3n) is 5.62. The number of fused-ring (bicyclic) bond motifs is 2. The van der Waals surface area contributed by atoms with Gasteiger partial charge < -0.3 is 25.1 Å². The molecule has 8 heteroatoms. The molecule has 1 atom stereocenters. The number of benzene rings is 1. The van der Waals surface area contributed by atoms with Crippen LogP contribution in [0.4, 0.5) is 0 Å². The molecule has 29 heavy (non-hydrogen) atoms. The number of nitrogens with two attached hydrogens (primary N) is 1. The van der Waals surface area contributed by atoms with Crippen molar-refractivity contribution in [3.05, 3.63) is 35.8 Å². The Hall–Kier alpha value is -3.13. The first-order valence-corrected chi connectivity index (χ1v) is 9.87. The van der Waals surface area contributed by atoms with E-state index in [4.69, 9.17) is 15.2 Å². The molecule has 3 aromatic rings. The average Bonchev–Trinajstić information content (AvgIpc) is 3.35. The molecule has 4 heterocycles. The van der Waals surface area contributed by atoms with Crippen LogP contribution in [0.3, 0.4) is 0 Å². The van der Waals surface area contributed by atoms with Gasteiger partial charge in [-0.05, 0) is 38.4 Å². The second-order valence-corrected chi connectivity index (χ2v) is 7.72. The van der Waals surface area contributed by atoms with Crippen LogP contribution in [0.25, 0.3) is 22.2 Å². The molecule has 3 N–H and O–H groups in total. The first-order valence-electron chi connectivity index (χ1n) is 9.87. The fourth-order valence-corrected chi connectivity index (χ4v) is 4.20. The van der Waals surface area contributed by atoms with Gasteiger partial charge in [-0.2, -0.15) is 0 Å². The smallest absolute Gasteiger partial charge is 0.254 e. The van der Waals surface area contributed by atoms with E-state index in [9.17, 15) is 4.79 Å². The number of amides is 1. The normalized spacial score (nSPS) is 19.1. The van der Waals surface area contributed by atoms with E-state index >= 15 is 0 Å². The highest BCUT2D eigenvalue weighted by Gasteiger charge is 2.26. The average molecular weight is 393 g/mol. The highest BCUT2D eigenvalue weighted by molar-refractivity contribution is 6.10. The number of nitrogens with one attached hydrogen (secondary N) is 1. The summed E-state index contributed by atoms with van der Waals surface area (Å²) in [6, 6.07) is 3.96. The van der Waals surface area contributed by atoms with Crippen LogP contribution < -0.4 is 15.2 Å². The number of aromatic amines is 1. The Morgan fingerprint density at radius 2 is 2.28 bits per heavy atom. The lowest BCUT2D eigenvalue weighted by Gasteiger charge is -2.19. The first-order chi connectivity index (χ1) is 14.1. The van der Waals surface area contributed by atoms with Gasteiger partial charge in [-0.1, -0.05) is 0 Å². The van der Waals surface area contributed by atoms with E-state index in [1.807, 2.05) is 6.07 Å². The van der Waals surface area contributed by atoms with Crippen molar-refractivity contribution in [2.24, 2.45) is 5.73 Å². The molecular formula is C21H23N5O3. The van der Waals surface area contributed by atoms with Crippen LogP contribution in [-0.4, -0.2) is 58.6 Å². The van der Waals surface area contributed by atoms with E-state index in [-0.39, 0.29) is 6.10 Å². The number of likely N-dealkylation sites (N-methyl/N-ethyl adjacent to an activating group) is 1. The Kier molecular flexibility index (Phi) is 4.35. The number of hydrogen-bond donors (Lipinski definition) is 2. The topological polar surface area (TPSA) is 106 Å². The van der Waals surface area contributed by atoms with Crippen molar-refractivity contribution in [1.82, 2.24) is 19.9 Å². The number of pyridine rings is 1. The lowest BCUT2D eigenvalue weighted by Crippen LogP contribution is -2.23. The van der Waals surface area contributed by atoms with E-state index in [1.54, 1.807) is 12.5 Å². The van der Waals surface area contributed by atoms with Crippen molar-refractivity contribution in [1.29, 1.82) is 0 Å². The molecule has 1 unspecified atom stereocenters. The highest BCUT2D eigenvalue weighted by Crippen LogP contribution is 2.37. The Morgan fingerprint density at radius 1 is 1.38 bits per heavy atom. The van der Waals surface area contributed by atoms with Crippen molar-refractivity contribution < 1.29 is 14.3 Å². The van der Waals surface area contributed by atoms with Crippen molar-refractivity contribution in [2.45, 2.75) is 25.4 Å². The SMILES string of the molecule is CN1CCC(Oc2cc(-c3cnc4c(c3)CCCO4)c3nc[nH]c3c2C(N)=O)C1. The summed E-state index contributed by atoms with van der Waals surface area (Å²) < 4.78 is 11.9. The monoisotopic (exact) mass is 393 g/mol. The molecule has 1 amide bonds. The number of likely N-dealkylation sites (tertiary alicyclic amines) is 1. The minimum absolute atomic E-state index is 0.0152. The van der Waals surface area contributed by atoms with Gasteiger partial charge in [0, 0.05) is 36.0 Å². The third-order valence-corrected chi connectivity index (χ3v) is 5.62. The number of primary amides is 1. The lowest BCUT2D eigenvalue weighted by atomic mass is 9.98. The van der Waals surface area contributed by atoms with Crippen LogP contribution in [0, 0.1) is 0 Å². The molecule has 1 fully saturated rings. The van der Waals surface area contributed by atoms with Gasteiger partial charge in [-0.15, -0.1) is 0 Å². The number of H-pyrrole nitrogens is 1. The number of rotatable bonds is 4. The molecule has 0 radical (unpaired) electrons. The molecule has 2 aliphatic heterocycles.